The van der Waals surface area contributed by atoms with Crippen LogP contribution in [0.25, 0.3) is 0 Å². The highest BCUT2D eigenvalue weighted by molar-refractivity contribution is 5.78. The second-order valence-electron chi connectivity index (χ2n) is 2.77. The molecule has 0 aliphatic heterocycles. The second kappa shape index (κ2) is 9.23. The van der Waals surface area contributed by atoms with Gasteiger partial charge in [0.25, 0.3) is 0 Å². The predicted molar refractivity (Wildman–Crippen MR) is 63.4 cm³/mol. The third-order valence-corrected chi connectivity index (χ3v) is 1.59. The summed E-state index contributed by atoms with van der Waals surface area (Å²) in [5, 5.41) is 16.1. The molecule has 0 radical (unpaired) electrons. The Morgan fingerprint density at radius 2 is 1.94 bits per heavy atom. The summed E-state index contributed by atoms with van der Waals surface area (Å²) >= 11 is 0. The molecule has 0 aromatic heterocycles. The predicted octanol–water partition coefficient (Wildman–Crippen LogP) is 1.32. The van der Waals surface area contributed by atoms with Crippen LogP contribution in [0.5, 0.6) is 11.5 Å². The van der Waals surface area contributed by atoms with E-state index in [2.05, 4.69) is 6.58 Å². The number of aliphatic hydroxyl groups excluding tert-OH is 1. The Morgan fingerprint density at radius 1 is 1.41 bits per heavy atom. The molecular formula is C12H16O5. The van der Waals surface area contributed by atoms with E-state index in [0.29, 0.717) is 18.1 Å². The van der Waals surface area contributed by atoms with Gasteiger partial charge in [-0.25, -0.2) is 4.79 Å². The van der Waals surface area contributed by atoms with Gasteiger partial charge in [-0.05, 0) is 12.1 Å². The number of carboxylic acids is 1. The van der Waals surface area contributed by atoms with Crippen molar-refractivity contribution in [2.24, 2.45) is 0 Å². The summed E-state index contributed by atoms with van der Waals surface area (Å²) in [5.74, 6) is 0.366. The van der Waals surface area contributed by atoms with Gasteiger partial charge in [-0.1, -0.05) is 18.7 Å². The van der Waals surface area contributed by atoms with Gasteiger partial charge in [0, 0.05) is 6.08 Å². The van der Waals surface area contributed by atoms with Gasteiger partial charge in [0.2, 0.25) is 0 Å². The van der Waals surface area contributed by atoms with Crippen LogP contribution in [0, 0.1) is 0 Å². The Labute approximate surface area is 99.9 Å². The minimum atomic E-state index is -0.981. The van der Waals surface area contributed by atoms with Crippen LogP contribution in [0.1, 0.15) is 0 Å². The highest BCUT2D eigenvalue weighted by Gasteiger charge is 2.00. The normalized spacial score (nSPS) is 8.59. The minimum Gasteiger partial charge on any atom is -0.493 e. The standard InChI is InChI=1S/C9H12O3.C3H4O2/c1-11-8-4-2-3-5-9(8)12-7-6-10;1-2-3(4)5/h2-5,10H,6-7H2,1H3;2H,1H2,(H,4,5). The number of carbonyl (C=O) groups is 1. The van der Waals surface area contributed by atoms with Gasteiger partial charge in [0.15, 0.2) is 11.5 Å². The van der Waals surface area contributed by atoms with E-state index in [0.717, 1.165) is 6.08 Å². The Bertz CT molecular complexity index is 349. The Kier molecular flexibility index (Phi) is 8.14. The van der Waals surface area contributed by atoms with Gasteiger partial charge in [0.1, 0.15) is 6.61 Å². The molecule has 0 atom stereocenters. The van der Waals surface area contributed by atoms with Gasteiger partial charge in [-0.2, -0.15) is 0 Å². The molecule has 0 spiro atoms. The molecule has 0 saturated heterocycles. The molecule has 0 saturated carbocycles. The summed E-state index contributed by atoms with van der Waals surface area (Å²) < 4.78 is 10.2. The number of para-hydroxylation sites is 2. The summed E-state index contributed by atoms with van der Waals surface area (Å²) in [6, 6.07) is 7.33. The third-order valence-electron chi connectivity index (χ3n) is 1.59. The highest BCUT2D eigenvalue weighted by atomic mass is 16.5. The van der Waals surface area contributed by atoms with E-state index in [1.807, 2.05) is 18.2 Å². The van der Waals surface area contributed by atoms with Crippen LogP contribution in [0.3, 0.4) is 0 Å². The molecule has 0 aliphatic rings. The summed E-state index contributed by atoms with van der Waals surface area (Å²) in [6.45, 7) is 3.26. The number of rotatable bonds is 5. The van der Waals surface area contributed by atoms with E-state index in [1.54, 1.807) is 13.2 Å². The largest absolute Gasteiger partial charge is 0.493 e. The molecule has 0 heterocycles. The van der Waals surface area contributed by atoms with E-state index in [1.165, 1.54) is 0 Å². The SMILES string of the molecule is C=CC(=O)O.COc1ccccc1OCCO. The molecule has 2 N–H and O–H groups in total. The minimum absolute atomic E-state index is 0.0120. The van der Waals surface area contributed by atoms with Crippen molar-refractivity contribution in [1.29, 1.82) is 0 Å². The quantitative estimate of drug-likeness (QED) is 0.759. The lowest BCUT2D eigenvalue weighted by Gasteiger charge is -2.08. The first-order valence-electron chi connectivity index (χ1n) is 4.87. The smallest absolute Gasteiger partial charge is 0.327 e. The fourth-order valence-electron chi connectivity index (χ4n) is 0.894. The van der Waals surface area contributed by atoms with E-state index in [-0.39, 0.29) is 6.61 Å². The number of benzene rings is 1. The molecule has 5 nitrogen and oxygen atoms in total. The number of hydrogen-bond acceptors (Lipinski definition) is 4. The molecule has 0 fully saturated rings. The molecule has 1 aromatic rings. The van der Waals surface area contributed by atoms with Gasteiger partial charge in [0.05, 0.1) is 13.7 Å². The van der Waals surface area contributed by atoms with Crippen molar-refractivity contribution in [1.82, 2.24) is 0 Å². The molecule has 0 unspecified atom stereocenters. The van der Waals surface area contributed by atoms with Crippen LogP contribution < -0.4 is 9.47 Å². The van der Waals surface area contributed by atoms with Crippen molar-refractivity contribution in [2.75, 3.05) is 20.3 Å². The number of aliphatic hydroxyl groups is 1. The number of methoxy groups -OCH3 is 1. The zero-order valence-electron chi connectivity index (χ0n) is 9.63. The van der Waals surface area contributed by atoms with Crippen LogP contribution in [0.4, 0.5) is 0 Å². The Balaban J connectivity index is 0.000000437. The maximum absolute atomic E-state index is 9.25. The maximum atomic E-state index is 9.25. The lowest BCUT2D eigenvalue weighted by atomic mass is 10.3. The van der Waals surface area contributed by atoms with Crippen molar-refractivity contribution in [3.63, 3.8) is 0 Å². The summed E-state index contributed by atoms with van der Waals surface area (Å²) in [5.41, 5.74) is 0. The highest BCUT2D eigenvalue weighted by Crippen LogP contribution is 2.25. The molecule has 5 heteroatoms. The van der Waals surface area contributed by atoms with Crippen LogP contribution in [-0.2, 0) is 4.79 Å². The fourth-order valence-corrected chi connectivity index (χ4v) is 0.894. The number of carboxylic acid groups (broad SMARTS) is 1. The van der Waals surface area contributed by atoms with E-state index < -0.39 is 5.97 Å². The van der Waals surface area contributed by atoms with Gasteiger partial charge >= 0.3 is 5.97 Å². The number of hydrogen-bond donors (Lipinski definition) is 2. The molecule has 17 heavy (non-hydrogen) atoms. The van der Waals surface area contributed by atoms with Crippen LogP contribution in [-0.4, -0.2) is 36.5 Å². The van der Waals surface area contributed by atoms with Crippen molar-refractivity contribution in [2.45, 2.75) is 0 Å². The van der Waals surface area contributed by atoms with Crippen LogP contribution in [0.15, 0.2) is 36.9 Å². The Morgan fingerprint density at radius 3 is 2.35 bits per heavy atom. The van der Waals surface area contributed by atoms with Crippen molar-refractivity contribution in [3.05, 3.63) is 36.9 Å². The van der Waals surface area contributed by atoms with Crippen LogP contribution in [0.2, 0.25) is 0 Å². The molecule has 1 rings (SSSR count). The first-order chi connectivity index (χ1) is 8.15. The van der Waals surface area contributed by atoms with E-state index in [4.69, 9.17) is 19.7 Å². The monoisotopic (exact) mass is 240 g/mol. The lowest BCUT2D eigenvalue weighted by molar-refractivity contribution is -0.131. The third kappa shape index (κ3) is 6.97. The van der Waals surface area contributed by atoms with Gasteiger partial charge in [-0.15, -0.1) is 0 Å². The zero-order valence-corrected chi connectivity index (χ0v) is 9.63. The second-order valence-corrected chi connectivity index (χ2v) is 2.77. The molecular weight excluding hydrogens is 224 g/mol. The molecule has 1 aromatic carbocycles. The average Bonchev–Trinajstić information content (AvgIpc) is 2.37. The molecule has 0 aliphatic carbocycles. The summed E-state index contributed by atoms with van der Waals surface area (Å²) in [4.78, 5) is 9.25. The Hall–Kier alpha value is -2.01. The zero-order chi connectivity index (χ0) is 13.1. The van der Waals surface area contributed by atoms with Crippen LogP contribution >= 0.6 is 0 Å². The van der Waals surface area contributed by atoms with Crippen molar-refractivity contribution in [3.8, 4) is 11.5 Å². The maximum Gasteiger partial charge on any atom is 0.327 e. The molecule has 0 amide bonds. The van der Waals surface area contributed by atoms with Crippen molar-refractivity contribution >= 4 is 5.97 Å². The fraction of sp³-hybridized carbons (Fsp3) is 0.250. The topological polar surface area (TPSA) is 76.0 Å². The first kappa shape index (κ1) is 15.0. The molecule has 94 valence electrons. The lowest BCUT2D eigenvalue weighted by Crippen LogP contribution is -2.02. The van der Waals surface area contributed by atoms with E-state index in [9.17, 15) is 4.79 Å². The summed E-state index contributed by atoms with van der Waals surface area (Å²) in [6.07, 6.45) is 0.833. The summed E-state index contributed by atoms with van der Waals surface area (Å²) in [7, 11) is 1.58. The van der Waals surface area contributed by atoms with Gasteiger partial charge in [-0.3, -0.25) is 0 Å². The number of ether oxygens (including phenoxy) is 2. The van der Waals surface area contributed by atoms with Gasteiger partial charge < -0.3 is 19.7 Å². The van der Waals surface area contributed by atoms with Crippen molar-refractivity contribution < 1.29 is 24.5 Å². The van der Waals surface area contributed by atoms with E-state index >= 15 is 0 Å². The number of aliphatic carboxylic acids is 1. The molecule has 0 bridgehead atoms. The average molecular weight is 240 g/mol. The first-order valence-corrected chi connectivity index (χ1v) is 4.87.